The van der Waals surface area contributed by atoms with Gasteiger partial charge >= 0.3 is 286 Å². The molecule has 0 radical (unpaired) electrons. The van der Waals surface area contributed by atoms with Gasteiger partial charge in [0.1, 0.15) is 0 Å². The van der Waals surface area contributed by atoms with Crippen LogP contribution in [0, 0.1) is 6.92 Å². The van der Waals surface area contributed by atoms with Crippen LogP contribution in [0.25, 0.3) is 26.1 Å². The number of hydrogen-bond donors (Lipinski definition) is 0. The van der Waals surface area contributed by atoms with Gasteiger partial charge in [0.05, 0.1) is 0 Å². The maximum absolute atomic E-state index is 2.55. The Bertz CT molecular complexity index is 2090. The third-order valence-corrected chi connectivity index (χ3v) is 10.8. The van der Waals surface area contributed by atoms with Crippen molar-refractivity contribution in [2.24, 2.45) is 0 Å². The van der Waals surface area contributed by atoms with Crippen LogP contribution in [0.2, 0.25) is 0 Å². The molecule has 1 atom stereocenters. The van der Waals surface area contributed by atoms with E-state index in [1.165, 1.54) is 105 Å². The summed E-state index contributed by atoms with van der Waals surface area (Å²) in [7, 11) is 0. The molecule has 0 fully saturated rings. The van der Waals surface area contributed by atoms with Gasteiger partial charge in [-0.1, -0.05) is 0 Å². The number of hydrogen-bond acceptors (Lipinski definition) is 0. The standard InChI is InChI=1S/C44H41.2ClH.Zr/c1-28-18-21-34-31(24-28)19-22-36(34)41-38-26-32-25-33(43(2,3)4)20-23-35(32)37(38)27-39(42(41)44(5,6)7)40(29-14-10-8-11-15-29)30-16-12-9-13-17-30;;;/h8-25,27,36H,1-7H3;2*1H;/q;;;+2/p-2. The van der Waals surface area contributed by atoms with Gasteiger partial charge in [0.15, 0.2) is 0 Å². The first-order chi connectivity index (χ1) is 21.4. The first-order valence-corrected chi connectivity index (χ1v) is 17.4. The molecule has 5 aromatic rings. The van der Waals surface area contributed by atoms with Crippen LogP contribution in [0.15, 0.2) is 109 Å². The Hall–Kier alpha value is -2.96. The largest absolute Gasteiger partial charge is 1.00 e. The quantitative estimate of drug-likeness (QED) is 0.266. The maximum atomic E-state index is 2.55. The summed E-state index contributed by atoms with van der Waals surface area (Å²) in [6.45, 7) is 16.4. The summed E-state index contributed by atoms with van der Waals surface area (Å²) in [6.07, 6.45) is 4.83. The van der Waals surface area contributed by atoms with Crippen molar-refractivity contribution in [3.63, 3.8) is 0 Å². The molecule has 5 aromatic carbocycles. The molecular weight excluding hydrogens is 691 g/mol. The third kappa shape index (κ3) is 6.21. The Morgan fingerprint density at radius 3 is 1.83 bits per heavy atom. The number of halogens is 2. The van der Waals surface area contributed by atoms with Gasteiger partial charge in [0.25, 0.3) is 0 Å². The molecule has 0 nitrogen and oxygen atoms in total. The van der Waals surface area contributed by atoms with Crippen LogP contribution < -0.4 is 35.3 Å². The van der Waals surface area contributed by atoms with Gasteiger partial charge in [-0.2, -0.15) is 0 Å². The summed E-state index contributed by atoms with van der Waals surface area (Å²) < 4.78 is 1.49. The number of aryl methyl sites for hydroxylation is 1. The van der Waals surface area contributed by atoms with E-state index in [1.54, 1.807) is 0 Å². The van der Waals surface area contributed by atoms with Gasteiger partial charge in [0, 0.05) is 0 Å². The van der Waals surface area contributed by atoms with Gasteiger partial charge < -0.3 is 24.8 Å². The fourth-order valence-corrected chi connectivity index (χ4v) is 8.62. The van der Waals surface area contributed by atoms with Gasteiger partial charge in [-0.25, -0.2) is 0 Å². The molecule has 0 bridgehead atoms. The van der Waals surface area contributed by atoms with E-state index < -0.39 is 0 Å². The van der Waals surface area contributed by atoms with Crippen molar-refractivity contribution >= 4 is 14.9 Å². The van der Waals surface area contributed by atoms with Gasteiger partial charge in [-0.05, 0) is 0 Å². The molecule has 0 aliphatic heterocycles. The Morgan fingerprint density at radius 2 is 1.26 bits per heavy atom. The first-order valence-electron chi connectivity index (χ1n) is 16.2. The Balaban J connectivity index is 0.00000217. The molecule has 0 heterocycles. The second kappa shape index (κ2) is 13.2. The monoisotopic (exact) mass is 729 g/mol. The molecule has 3 heteroatoms. The molecule has 2 aliphatic carbocycles. The van der Waals surface area contributed by atoms with Crippen molar-refractivity contribution in [2.75, 3.05) is 0 Å². The fraction of sp³-hybridized carbons (Fsp3) is 0.227. The van der Waals surface area contributed by atoms with E-state index in [0.717, 1.165) is 0 Å². The van der Waals surface area contributed by atoms with Crippen LogP contribution in [-0.4, -0.2) is 0 Å². The summed E-state index contributed by atoms with van der Waals surface area (Å²) >= 11 is 1.47. The molecule has 0 N–H and O–H groups in total. The van der Waals surface area contributed by atoms with Gasteiger partial charge in [-0.3, -0.25) is 0 Å². The number of fused-ring (bicyclic) bond motifs is 4. The van der Waals surface area contributed by atoms with Gasteiger partial charge in [0.2, 0.25) is 0 Å². The smallest absolute Gasteiger partial charge is 1.00 e. The van der Waals surface area contributed by atoms with Crippen molar-refractivity contribution in [1.82, 2.24) is 0 Å². The Labute approximate surface area is 308 Å². The second-order valence-corrected chi connectivity index (χ2v) is 16.1. The zero-order chi connectivity index (χ0) is 31.7. The summed E-state index contributed by atoms with van der Waals surface area (Å²) in [6, 6.07) is 38.9. The van der Waals surface area contributed by atoms with Crippen LogP contribution in [-0.2, 0) is 35.5 Å². The maximum Gasteiger partial charge on any atom is -1.00 e. The third-order valence-electron chi connectivity index (χ3n) is 9.56. The van der Waals surface area contributed by atoms with Crippen molar-refractivity contribution < 1.29 is 49.5 Å². The Kier molecular flexibility index (Phi) is 9.90. The molecule has 0 saturated carbocycles. The minimum Gasteiger partial charge on any atom is -1.00 e. The van der Waals surface area contributed by atoms with E-state index in [4.69, 9.17) is 0 Å². The predicted octanol–water partition coefficient (Wildman–Crippen LogP) is 3.69. The van der Waals surface area contributed by atoms with Crippen molar-refractivity contribution in [1.29, 1.82) is 0 Å². The minimum absolute atomic E-state index is 0. The average molecular weight is 732 g/mol. The van der Waals surface area contributed by atoms with E-state index in [-0.39, 0.29) is 41.6 Å². The topological polar surface area (TPSA) is 0 Å². The van der Waals surface area contributed by atoms with Crippen LogP contribution in [0.3, 0.4) is 0 Å². The van der Waals surface area contributed by atoms with Crippen LogP contribution >= 0.6 is 0 Å². The normalized spacial score (nSPS) is 14.6. The minimum atomic E-state index is -0.0997. The summed E-state index contributed by atoms with van der Waals surface area (Å²) in [4.78, 5) is 0. The van der Waals surface area contributed by atoms with Crippen LogP contribution in [0.4, 0.5) is 0 Å². The molecule has 0 saturated heterocycles. The predicted molar refractivity (Wildman–Crippen MR) is 188 cm³/mol. The number of rotatable bonds is 3. The fourth-order valence-electron chi connectivity index (χ4n) is 7.45. The van der Waals surface area contributed by atoms with Crippen molar-refractivity contribution in [3.05, 3.63) is 170 Å². The molecular formula is C44H41Cl2Zr. The van der Waals surface area contributed by atoms with E-state index in [2.05, 4.69) is 164 Å². The summed E-state index contributed by atoms with van der Waals surface area (Å²) in [5.74, 6) is 0.197. The van der Waals surface area contributed by atoms with Crippen LogP contribution in [0.1, 0.15) is 97.5 Å². The molecule has 2 aliphatic rings. The van der Waals surface area contributed by atoms with Crippen molar-refractivity contribution in [2.45, 2.75) is 65.2 Å². The summed E-state index contributed by atoms with van der Waals surface area (Å²) in [5, 5.41) is 2.81. The first kappa shape index (κ1) is 35.4. The van der Waals surface area contributed by atoms with Crippen LogP contribution in [0.5, 0.6) is 0 Å². The Morgan fingerprint density at radius 1 is 0.638 bits per heavy atom. The number of benzene rings is 5. The van der Waals surface area contributed by atoms with Gasteiger partial charge in [-0.15, -0.1) is 0 Å². The number of allylic oxidation sites excluding steroid dienone is 1. The molecule has 0 spiro atoms. The molecule has 1 unspecified atom stereocenters. The SMILES string of the molecule is Cc1ccc2c(c1)C=CC2c1c(C(C)(C)C)c(=C(c2ccccc2)c2ccccc2)cc2c1=[C]([Zr+2])c1cc(C(C)(C)C)ccc1-2.[Cl-].[Cl-]. The van der Waals surface area contributed by atoms with E-state index in [0.29, 0.717) is 0 Å². The average Bonchev–Trinajstić information content (AvgIpc) is 3.54. The van der Waals surface area contributed by atoms with Crippen molar-refractivity contribution in [3.8, 4) is 11.1 Å². The van der Waals surface area contributed by atoms with E-state index in [9.17, 15) is 0 Å². The molecule has 0 amide bonds. The zero-order valence-corrected chi connectivity index (χ0v) is 32.3. The van der Waals surface area contributed by atoms with E-state index >= 15 is 0 Å². The second-order valence-electron chi connectivity index (χ2n) is 14.8. The molecule has 47 heavy (non-hydrogen) atoms. The summed E-state index contributed by atoms with van der Waals surface area (Å²) in [5.41, 5.74) is 16.4. The molecule has 7 rings (SSSR count). The zero-order valence-electron chi connectivity index (χ0n) is 28.3. The van der Waals surface area contributed by atoms with E-state index in [1.807, 2.05) is 0 Å². The molecule has 235 valence electrons. The molecule has 0 aromatic heterocycles.